The van der Waals surface area contributed by atoms with Gasteiger partial charge in [0.2, 0.25) is 17.7 Å². The number of ketones is 1. The number of esters is 1. The number of hydrogen-bond donors (Lipinski definition) is 6. The number of aliphatic hydroxyl groups excluding tert-OH is 1. The first kappa shape index (κ1) is 59.8. The van der Waals surface area contributed by atoms with E-state index in [1.165, 1.54) is 11.1 Å². The highest BCUT2D eigenvalue weighted by molar-refractivity contribution is 8.01. The van der Waals surface area contributed by atoms with Crippen molar-refractivity contribution in [2.45, 2.75) is 224 Å². The maximum absolute atomic E-state index is 15.0. The number of nitrogens with two attached hydrogens (primary N) is 1. The number of rotatable bonds is 25. The third-order valence-electron chi connectivity index (χ3n) is 18.2. The predicted molar refractivity (Wildman–Crippen MR) is 290 cm³/mol. The van der Waals surface area contributed by atoms with Crippen LogP contribution in [0.1, 0.15) is 165 Å². The molecule has 0 aromatic rings. The number of allylic oxidation sites excluding steroid dienone is 6. The van der Waals surface area contributed by atoms with Gasteiger partial charge in [0.05, 0.1) is 23.6 Å². The Morgan fingerprint density at radius 3 is 2.47 bits per heavy atom. The zero-order valence-electron chi connectivity index (χ0n) is 46.7. The van der Waals surface area contributed by atoms with E-state index in [4.69, 9.17) is 29.4 Å². The largest absolute Gasteiger partial charge is 0.461 e. The molecule has 3 aliphatic heterocycles. The molecule has 0 aromatic carbocycles. The fraction of sp³-hybridized carbons (Fsp3) is 0.793. The molecule has 7 rings (SSSR count). The van der Waals surface area contributed by atoms with Crippen LogP contribution in [0.15, 0.2) is 35.5 Å². The van der Waals surface area contributed by atoms with E-state index in [0.29, 0.717) is 69.1 Å². The van der Waals surface area contributed by atoms with Crippen LogP contribution in [-0.2, 0) is 47.7 Å². The number of unbranched alkanes of at least 4 members (excludes halogenated alkanes) is 2. The second-order valence-electron chi connectivity index (χ2n) is 23.7. The fourth-order valence-electron chi connectivity index (χ4n) is 14.2. The molecule has 3 heterocycles. The van der Waals surface area contributed by atoms with Crippen molar-refractivity contribution >= 4 is 47.3 Å². The lowest BCUT2D eigenvalue weighted by atomic mass is 9.46. The first-order valence-electron chi connectivity index (χ1n) is 28.9. The minimum atomic E-state index is -1.30. The number of ether oxygens (including phenoxy) is 5. The summed E-state index contributed by atoms with van der Waals surface area (Å²) in [7, 11) is 0. The SMILES string of the molecule is C/C=C1\C=C[C@@]2(C)C(=C1)CC[C@@H]1[C@@H]2[C@@H](O)C[C@@]2(C)[C@H]1C[C@H]1OC(CCC)O[C@]12C(=O)COC1CCCC(COC(=O)[C@H](CCCNC(N)=O)NC(=O)C(NC(=O)CCCCCNC(=O)C2CC(C)C(CC)S2)C(C)C)O1. The summed E-state index contributed by atoms with van der Waals surface area (Å²) < 4.78 is 32.0. The second kappa shape index (κ2) is 26.4. The van der Waals surface area contributed by atoms with E-state index >= 15 is 0 Å². The highest BCUT2D eigenvalue weighted by atomic mass is 32.2. The van der Waals surface area contributed by atoms with Gasteiger partial charge in [-0.1, -0.05) is 91.2 Å². The molecule has 18 heteroatoms. The minimum absolute atomic E-state index is 0.00362. The quantitative estimate of drug-likeness (QED) is 0.0391. The third-order valence-corrected chi connectivity index (χ3v) is 20.1. The number of aliphatic hydroxyl groups is 1. The molecule has 16 atom stereocenters. The van der Waals surface area contributed by atoms with Crippen LogP contribution in [0.5, 0.6) is 0 Å². The van der Waals surface area contributed by atoms with Crippen molar-refractivity contribution in [3.8, 4) is 0 Å². The Kier molecular flexibility index (Phi) is 20.8. The minimum Gasteiger partial charge on any atom is -0.461 e. The molecule has 17 nitrogen and oxygen atoms in total. The normalized spacial score (nSPS) is 35.7. The average Bonchev–Trinajstić information content (AvgIpc) is 4.06. The number of carbonyl (C=O) groups excluding carboxylic acids is 6. The molecule has 3 saturated heterocycles. The van der Waals surface area contributed by atoms with E-state index < -0.39 is 71.9 Å². The van der Waals surface area contributed by atoms with Gasteiger partial charge in [-0.25, -0.2) is 9.59 Å². The van der Waals surface area contributed by atoms with Crippen molar-refractivity contribution in [3.63, 3.8) is 0 Å². The Bertz CT molecular complexity index is 2170. The van der Waals surface area contributed by atoms with Gasteiger partial charge in [0, 0.05) is 41.5 Å². The summed E-state index contributed by atoms with van der Waals surface area (Å²) in [6.45, 7) is 16.8. The summed E-state index contributed by atoms with van der Waals surface area (Å²) in [6, 6.07) is -2.75. The van der Waals surface area contributed by atoms with E-state index in [-0.39, 0.29) is 84.5 Å². The number of primary amides is 1. The first-order valence-corrected chi connectivity index (χ1v) is 29.8. The van der Waals surface area contributed by atoms with Gasteiger partial charge in [0.25, 0.3) is 0 Å². The number of urea groups is 1. The molecule has 426 valence electrons. The molecule has 7 N–H and O–H groups in total. The fourth-order valence-corrected chi connectivity index (χ4v) is 15.8. The summed E-state index contributed by atoms with van der Waals surface area (Å²) in [6.07, 6.45) is 16.7. The Morgan fingerprint density at radius 1 is 0.987 bits per heavy atom. The maximum atomic E-state index is 15.0. The number of hydrogen-bond acceptors (Lipinski definition) is 13. The van der Waals surface area contributed by atoms with Crippen molar-refractivity contribution in [2.24, 2.45) is 46.2 Å². The lowest BCUT2D eigenvalue weighted by Gasteiger charge is -2.60. The molecule has 0 bridgehead atoms. The van der Waals surface area contributed by atoms with Crippen LogP contribution in [0.25, 0.3) is 0 Å². The van der Waals surface area contributed by atoms with Gasteiger partial charge in [-0.15, -0.1) is 11.8 Å². The summed E-state index contributed by atoms with van der Waals surface area (Å²) >= 11 is 1.77. The summed E-state index contributed by atoms with van der Waals surface area (Å²) in [5, 5.41) is 24.0. The van der Waals surface area contributed by atoms with E-state index in [2.05, 4.69) is 80.2 Å². The van der Waals surface area contributed by atoms with Gasteiger partial charge in [-0.05, 0) is 126 Å². The first-order chi connectivity index (χ1) is 36.3. The number of thioether (sulfide) groups is 1. The molecule has 0 spiro atoms. The summed E-state index contributed by atoms with van der Waals surface area (Å²) in [5.74, 6) is -1.18. The van der Waals surface area contributed by atoms with Crippen molar-refractivity contribution < 1.29 is 57.6 Å². The molecule has 5 amide bonds. The van der Waals surface area contributed by atoms with Gasteiger partial charge in [-0.2, -0.15) is 0 Å². The smallest absolute Gasteiger partial charge is 0.328 e. The van der Waals surface area contributed by atoms with Gasteiger partial charge in [-0.3, -0.25) is 19.2 Å². The van der Waals surface area contributed by atoms with Crippen molar-refractivity contribution in [1.29, 1.82) is 0 Å². The van der Waals surface area contributed by atoms with E-state index in [1.54, 1.807) is 11.8 Å². The van der Waals surface area contributed by atoms with Gasteiger partial charge in [0.15, 0.2) is 24.0 Å². The van der Waals surface area contributed by atoms with Crippen molar-refractivity contribution in [2.75, 3.05) is 26.3 Å². The van der Waals surface area contributed by atoms with Gasteiger partial charge >= 0.3 is 12.0 Å². The molecule has 6 fully saturated rings. The summed E-state index contributed by atoms with van der Waals surface area (Å²) in [4.78, 5) is 79.8. The van der Waals surface area contributed by atoms with Crippen LogP contribution < -0.4 is 27.0 Å². The molecule has 7 aliphatic rings. The molecule has 3 saturated carbocycles. The average molecular weight is 1080 g/mol. The zero-order chi connectivity index (χ0) is 55.0. The highest BCUT2D eigenvalue weighted by Crippen LogP contribution is 2.70. The van der Waals surface area contributed by atoms with Crippen LogP contribution >= 0.6 is 11.8 Å². The molecule has 0 aromatic heterocycles. The number of Topliss-reactive ketones (excluding diaryl/α,β-unsaturated/α-hetero) is 1. The molecular formula is C58H91N5O12S. The highest BCUT2D eigenvalue weighted by Gasteiger charge is 2.75. The zero-order valence-corrected chi connectivity index (χ0v) is 47.5. The molecule has 76 heavy (non-hydrogen) atoms. The number of carbonyl (C=O) groups is 6. The molecule has 0 radical (unpaired) electrons. The van der Waals surface area contributed by atoms with Crippen molar-refractivity contribution in [3.05, 3.63) is 35.5 Å². The Labute approximate surface area is 455 Å². The Morgan fingerprint density at radius 2 is 1.76 bits per heavy atom. The Balaban J connectivity index is 0.909. The molecular weight excluding hydrogens is 991 g/mol. The monoisotopic (exact) mass is 1080 g/mol. The van der Waals surface area contributed by atoms with Crippen LogP contribution in [-0.4, -0.2) is 126 Å². The van der Waals surface area contributed by atoms with Gasteiger partial charge in [0.1, 0.15) is 25.3 Å². The standard InChI is InChI=1S/C58H91N5O12S/c1-9-17-49-74-46-30-40-39-23-22-37-29-36(10-2)24-25-56(37,7)50(39)42(64)31-57(40,8)58(46,75-49)45(65)33-71-48-21-15-18-38(73-48)32-72-54(69)41(19-16-27-61-55(59)70)62-53(68)51(34(4)5)63-47(66)20-13-12-14-26-60-52(67)44-28-35(6)43(11-3)76-44/h10,24-25,29,34-35,38-44,46,48-51,64H,9,11-23,26-28,30-33H2,1-8H3,(H,60,67)(H,62,68)(H,63,66)(H3,59,61,70)/b36-10+/t35?,38?,39-,40-,41-,42-,43?,44?,46+,48?,49?,50+,51?,56-,57-,58+/m0/s1. The van der Waals surface area contributed by atoms with E-state index in [1.807, 2.05) is 20.8 Å². The predicted octanol–water partition coefficient (Wildman–Crippen LogP) is 7.23. The number of fused-ring (bicyclic) bond motifs is 7. The number of nitrogens with one attached hydrogen (secondary N) is 4. The van der Waals surface area contributed by atoms with E-state index in [9.17, 15) is 33.9 Å². The van der Waals surface area contributed by atoms with Gasteiger partial charge < -0.3 is 55.8 Å². The summed E-state index contributed by atoms with van der Waals surface area (Å²) in [5.41, 5.74) is 5.53. The molecule has 4 aliphatic carbocycles. The second-order valence-corrected chi connectivity index (χ2v) is 25.1. The van der Waals surface area contributed by atoms with Crippen LogP contribution in [0.4, 0.5) is 4.79 Å². The van der Waals surface area contributed by atoms with Crippen molar-refractivity contribution in [1.82, 2.24) is 21.3 Å². The lowest BCUT2D eigenvalue weighted by molar-refractivity contribution is -0.220. The van der Waals surface area contributed by atoms with Crippen LogP contribution in [0.2, 0.25) is 0 Å². The Hall–Kier alpha value is -3.81. The molecule has 7 unspecified atom stereocenters. The van der Waals surface area contributed by atoms with Crippen LogP contribution in [0, 0.1) is 40.4 Å². The topological polar surface area (TPSA) is 243 Å². The van der Waals surface area contributed by atoms with Crippen LogP contribution in [0.3, 0.4) is 0 Å². The number of amides is 5. The van der Waals surface area contributed by atoms with E-state index in [0.717, 1.165) is 44.9 Å². The lowest BCUT2D eigenvalue weighted by Crippen LogP contribution is -2.63. The third kappa shape index (κ3) is 13.3. The maximum Gasteiger partial charge on any atom is 0.328 e.